The molecule has 2 aromatic carbocycles. The Bertz CT molecular complexity index is 1060. The third kappa shape index (κ3) is 4.40. The van der Waals surface area contributed by atoms with Crippen LogP contribution in [0.3, 0.4) is 0 Å². The van der Waals surface area contributed by atoms with Crippen molar-refractivity contribution in [3.05, 3.63) is 58.8 Å². The molecule has 7 nitrogen and oxygen atoms in total. The van der Waals surface area contributed by atoms with Crippen molar-refractivity contribution >= 4 is 11.7 Å². The molecule has 0 aromatic heterocycles. The van der Waals surface area contributed by atoms with Crippen molar-refractivity contribution in [1.29, 1.82) is 0 Å². The zero-order valence-corrected chi connectivity index (χ0v) is 19.4. The van der Waals surface area contributed by atoms with Gasteiger partial charge in [-0.05, 0) is 54.7 Å². The molecule has 174 valence electrons. The molecule has 0 saturated heterocycles. The Morgan fingerprint density at radius 1 is 0.879 bits per heavy atom. The molecule has 4 rings (SSSR count). The summed E-state index contributed by atoms with van der Waals surface area (Å²) >= 11 is 0. The highest BCUT2D eigenvalue weighted by atomic mass is 16.5. The number of hydrogen-bond donors (Lipinski definition) is 1. The third-order valence-electron chi connectivity index (χ3n) is 6.29. The number of hydrogen-bond acceptors (Lipinski definition) is 6. The molecule has 1 aliphatic heterocycles. The van der Waals surface area contributed by atoms with Crippen LogP contribution in [0.2, 0.25) is 0 Å². The first-order chi connectivity index (χ1) is 16.0. The van der Waals surface area contributed by atoms with Crippen LogP contribution in [-0.4, -0.2) is 39.6 Å². The lowest BCUT2D eigenvalue weighted by Gasteiger charge is -2.34. The minimum Gasteiger partial charge on any atom is -0.494 e. The second-order valence-corrected chi connectivity index (χ2v) is 8.19. The molecule has 0 unspecified atom stereocenters. The van der Waals surface area contributed by atoms with E-state index in [2.05, 4.69) is 5.32 Å². The first-order valence-corrected chi connectivity index (χ1v) is 11.1. The van der Waals surface area contributed by atoms with Crippen LogP contribution in [0.4, 0.5) is 0 Å². The van der Waals surface area contributed by atoms with E-state index in [9.17, 15) is 9.59 Å². The van der Waals surface area contributed by atoms with Crippen molar-refractivity contribution in [2.24, 2.45) is 0 Å². The van der Waals surface area contributed by atoms with Crippen LogP contribution in [0.5, 0.6) is 23.0 Å². The molecule has 0 fully saturated rings. The van der Waals surface area contributed by atoms with E-state index in [0.717, 1.165) is 16.9 Å². The SMILES string of the molecule is CCOc1ccc([C@@H]2CC(=O)C3=C(C2)NC(=O)C[C@H]3c2cc(OC)c(OC)c(OC)c2)cc1. The van der Waals surface area contributed by atoms with Gasteiger partial charge in [0.1, 0.15) is 5.75 Å². The highest BCUT2D eigenvalue weighted by molar-refractivity contribution is 6.02. The van der Waals surface area contributed by atoms with E-state index in [4.69, 9.17) is 18.9 Å². The van der Waals surface area contributed by atoms with Gasteiger partial charge in [0.25, 0.3) is 0 Å². The van der Waals surface area contributed by atoms with Crippen LogP contribution < -0.4 is 24.3 Å². The molecule has 1 heterocycles. The van der Waals surface area contributed by atoms with Crippen LogP contribution in [-0.2, 0) is 9.59 Å². The van der Waals surface area contributed by atoms with E-state index in [1.807, 2.05) is 43.3 Å². The monoisotopic (exact) mass is 451 g/mol. The zero-order valence-electron chi connectivity index (χ0n) is 19.4. The molecule has 2 aromatic rings. The Kier molecular flexibility index (Phi) is 6.58. The smallest absolute Gasteiger partial charge is 0.225 e. The molecule has 0 spiro atoms. The number of allylic oxidation sites excluding steroid dienone is 2. The highest BCUT2D eigenvalue weighted by Gasteiger charge is 2.38. The van der Waals surface area contributed by atoms with Gasteiger partial charge in [0, 0.05) is 30.0 Å². The van der Waals surface area contributed by atoms with E-state index < -0.39 is 0 Å². The number of rotatable bonds is 7. The fraction of sp³-hybridized carbons (Fsp3) is 0.385. The van der Waals surface area contributed by atoms with Crippen LogP contribution in [0.25, 0.3) is 0 Å². The van der Waals surface area contributed by atoms with Gasteiger partial charge in [0.2, 0.25) is 11.7 Å². The van der Waals surface area contributed by atoms with Gasteiger partial charge in [-0.25, -0.2) is 0 Å². The molecule has 0 saturated carbocycles. The van der Waals surface area contributed by atoms with Crippen LogP contribution >= 0.6 is 0 Å². The minimum atomic E-state index is -0.365. The average molecular weight is 452 g/mol. The van der Waals surface area contributed by atoms with Crippen LogP contribution in [0, 0.1) is 0 Å². The molecule has 0 bridgehead atoms. The van der Waals surface area contributed by atoms with Crippen molar-refractivity contribution in [3.63, 3.8) is 0 Å². The number of ether oxygens (including phenoxy) is 4. The number of nitrogens with one attached hydrogen (secondary N) is 1. The summed E-state index contributed by atoms with van der Waals surface area (Å²) in [5.74, 6) is 1.86. The Morgan fingerprint density at radius 3 is 2.12 bits per heavy atom. The quantitative estimate of drug-likeness (QED) is 0.682. The zero-order chi connectivity index (χ0) is 23.5. The summed E-state index contributed by atoms with van der Waals surface area (Å²) in [4.78, 5) is 26.0. The van der Waals surface area contributed by atoms with E-state index in [-0.39, 0.29) is 29.9 Å². The molecule has 7 heteroatoms. The average Bonchev–Trinajstić information content (AvgIpc) is 2.82. The Morgan fingerprint density at radius 2 is 1.55 bits per heavy atom. The summed E-state index contributed by atoms with van der Waals surface area (Å²) in [5, 5.41) is 2.97. The first-order valence-electron chi connectivity index (χ1n) is 11.1. The standard InChI is InChI=1S/C26H29NO6/c1-5-33-18-8-6-15(7-9-18)16-10-20-25(21(28)11-16)19(14-24(29)27-20)17-12-22(30-2)26(32-4)23(13-17)31-3/h6-9,12-13,16,19H,5,10-11,14H2,1-4H3,(H,27,29)/t16-,19-/m0/s1. The summed E-state index contributed by atoms with van der Waals surface area (Å²) in [7, 11) is 4.64. The highest BCUT2D eigenvalue weighted by Crippen LogP contribution is 2.46. The molecular formula is C26H29NO6. The van der Waals surface area contributed by atoms with Crippen molar-refractivity contribution in [1.82, 2.24) is 5.32 Å². The van der Waals surface area contributed by atoms with Gasteiger partial charge < -0.3 is 24.3 Å². The minimum absolute atomic E-state index is 0.00548. The summed E-state index contributed by atoms with van der Waals surface area (Å²) in [6.07, 6.45) is 1.18. The van der Waals surface area contributed by atoms with Gasteiger partial charge >= 0.3 is 0 Å². The number of benzene rings is 2. The van der Waals surface area contributed by atoms with Crippen molar-refractivity contribution in [2.75, 3.05) is 27.9 Å². The second-order valence-electron chi connectivity index (χ2n) is 8.19. The van der Waals surface area contributed by atoms with E-state index >= 15 is 0 Å². The number of carbonyl (C=O) groups is 2. The van der Waals surface area contributed by atoms with Gasteiger partial charge in [-0.15, -0.1) is 0 Å². The molecule has 1 aliphatic carbocycles. The van der Waals surface area contributed by atoms with Crippen molar-refractivity contribution in [3.8, 4) is 23.0 Å². The topological polar surface area (TPSA) is 83.1 Å². The van der Waals surface area contributed by atoms with Gasteiger partial charge in [-0.3, -0.25) is 9.59 Å². The summed E-state index contributed by atoms with van der Waals surface area (Å²) in [5.41, 5.74) is 3.23. The lowest BCUT2D eigenvalue weighted by molar-refractivity contribution is -0.122. The molecule has 2 aliphatic rings. The van der Waals surface area contributed by atoms with Crippen LogP contribution in [0.1, 0.15) is 49.1 Å². The predicted molar refractivity (Wildman–Crippen MR) is 123 cm³/mol. The summed E-state index contributed by atoms with van der Waals surface area (Å²) in [6, 6.07) is 11.5. The Balaban J connectivity index is 1.70. The maximum atomic E-state index is 13.4. The lowest BCUT2D eigenvalue weighted by Crippen LogP contribution is -2.38. The van der Waals surface area contributed by atoms with E-state index in [1.54, 1.807) is 21.3 Å². The van der Waals surface area contributed by atoms with E-state index in [1.165, 1.54) is 0 Å². The van der Waals surface area contributed by atoms with Crippen molar-refractivity contribution in [2.45, 2.75) is 38.0 Å². The normalized spacial score (nSPS) is 20.1. The van der Waals surface area contributed by atoms with Crippen LogP contribution in [0.15, 0.2) is 47.7 Å². The fourth-order valence-electron chi connectivity index (χ4n) is 4.79. The molecule has 2 atom stereocenters. The fourth-order valence-corrected chi connectivity index (χ4v) is 4.79. The number of amides is 1. The Labute approximate surface area is 193 Å². The third-order valence-corrected chi connectivity index (χ3v) is 6.29. The molecule has 33 heavy (non-hydrogen) atoms. The van der Waals surface area contributed by atoms with Gasteiger partial charge in [-0.1, -0.05) is 12.1 Å². The van der Waals surface area contributed by atoms with Crippen molar-refractivity contribution < 1.29 is 28.5 Å². The van der Waals surface area contributed by atoms with Gasteiger partial charge in [0.15, 0.2) is 17.3 Å². The van der Waals surface area contributed by atoms with Gasteiger partial charge in [-0.2, -0.15) is 0 Å². The maximum Gasteiger partial charge on any atom is 0.225 e. The molecule has 0 radical (unpaired) electrons. The lowest BCUT2D eigenvalue weighted by atomic mass is 9.73. The Hall–Kier alpha value is -3.48. The van der Waals surface area contributed by atoms with Gasteiger partial charge in [0.05, 0.1) is 27.9 Å². The molecule has 1 N–H and O–H groups in total. The maximum absolute atomic E-state index is 13.4. The number of carbonyl (C=O) groups excluding carboxylic acids is 2. The second kappa shape index (κ2) is 9.57. The summed E-state index contributed by atoms with van der Waals surface area (Å²) < 4.78 is 21.9. The first kappa shape index (κ1) is 22.7. The largest absolute Gasteiger partial charge is 0.494 e. The number of methoxy groups -OCH3 is 3. The number of Topliss-reactive ketones (excluding diaryl/α,β-unsaturated/α-hetero) is 1. The van der Waals surface area contributed by atoms with E-state index in [0.29, 0.717) is 48.0 Å². The molecule has 1 amide bonds. The number of ketones is 1. The predicted octanol–water partition coefficient (Wildman–Crippen LogP) is 4.12. The molecular weight excluding hydrogens is 422 g/mol. The summed E-state index contributed by atoms with van der Waals surface area (Å²) in [6.45, 7) is 2.55.